The van der Waals surface area contributed by atoms with Crippen LogP contribution in [0.2, 0.25) is 0 Å². The van der Waals surface area contributed by atoms with Crippen LogP contribution < -0.4 is 10.2 Å². The number of aryl methyl sites for hydroxylation is 1. The number of nitrogens with zero attached hydrogens (tertiary/aromatic N) is 6. The predicted octanol–water partition coefficient (Wildman–Crippen LogP) is 2.47. The first-order valence-electron chi connectivity index (χ1n) is 10.6. The smallest absolute Gasteiger partial charge is 0.225 e. The summed E-state index contributed by atoms with van der Waals surface area (Å²) in [7, 11) is 0. The number of rotatable bonds is 4. The Morgan fingerprint density at radius 2 is 1.97 bits per heavy atom. The van der Waals surface area contributed by atoms with Crippen molar-refractivity contribution in [3.8, 4) is 5.82 Å². The van der Waals surface area contributed by atoms with E-state index in [4.69, 9.17) is 0 Å². The largest absolute Gasteiger partial charge is 0.356 e. The summed E-state index contributed by atoms with van der Waals surface area (Å²) in [6, 6.07) is 10.5. The number of nitrogens with one attached hydrogen (secondary N) is 1. The topological polar surface area (TPSA) is 88.8 Å². The summed E-state index contributed by atoms with van der Waals surface area (Å²) in [6.07, 6.45) is 9.71. The molecule has 3 heterocycles. The van der Waals surface area contributed by atoms with Crippen LogP contribution in [0.1, 0.15) is 42.9 Å². The first kappa shape index (κ1) is 18.7. The lowest BCUT2D eigenvalue weighted by atomic mass is 9.87. The van der Waals surface area contributed by atoms with E-state index in [2.05, 4.69) is 54.5 Å². The molecule has 8 heteroatoms. The molecule has 5 rings (SSSR count). The number of anilines is 1. The monoisotopic (exact) mass is 403 g/mol. The first-order valence-corrected chi connectivity index (χ1v) is 10.6. The van der Waals surface area contributed by atoms with Crippen molar-refractivity contribution in [1.29, 1.82) is 0 Å². The minimum absolute atomic E-state index is 0.0439. The lowest BCUT2D eigenvalue weighted by molar-refractivity contribution is -0.126. The molecule has 30 heavy (non-hydrogen) atoms. The van der Waals surface area contributed by atoms with Gasteiger partial charge in [0, 0.05) is 19.2 Å². The third-order valence-electron chi connectivity index (χ3n) is 6.09. The summed E-state index contributed by atoms with van der Waals surface area (Å²) >= 11 is 0. The van der Waals surface area contributed by atoms with Gasteiger partial charge in [0.15, 0.2) is 5.82 Å². The fourth-order valence-corrected chi connectivity index (χ4v) is 4.55. The van der Waals surface area contributed by atoms with Crippen molar-refractivity contribution in [2.45, 2.75) is 38.1 Å². The van der Waals surface area contributed by atoms with Gasteiger partial charge in [0.05, 0.1) is 12.0 Å². The number of benzene rings is 1. The van der Waals surface area contributed by atoms with E-state index in [0.717, 1.165) is 44.5 Å². The summed E-state index contributed by atoms with van der Waals surface area (Å²) in [5.41, 5.74) is 2.64. The van der Waals surface area contributed by atoms with E-state index < -0.39 is 0 Å². The van der Waals surface area contributed by atoms with Gasteiger partial charge in [-0.1, -0.05) is 24.3 Å². The minimum atomic E-state index is -0.0439. The molecule has 1 N–H and O–H groups in total. The molecule has 1 aliphatic carbocycles. The Balaban J connectivity index is 1.28. The average molecular weight is 403 g/mol. The lowest BCUT2D eigenvalue weighted by Gasteiger charge is -2.34. The van der Waals surface area contributed by atoms with Gasteiger partial charge in [-0.25, -0.2) is 19.6 Å². The molecule has 154 valence electrons. The molecule has 0 saturated carbocycles. The SMILES string of the molecule is O=C(N[C@H]1CCCc2ccccc21)[C@H]1CCCN(c2cc(-n3cncn3)ncn2)C1. The quantitative estimate of drug-likeness (QED) is 0.720. The van der Waals surface area contributed by atoms with Gasteiger partial charge in [0.2, 0.25) is 5.91 Å². The van der Waals surface area contributed by atoms with Crippen molar-refractivity contribution >= 4 is 11.7 Å². The van der Waals surface area contributed by atoms with E-state index in [1.807, 2.05) is 6.07 Å². The van der Waals surface area contributed by atoms with Crippen LogP contribution >= 0.6 is 0 Å². The van der Waals surface area contributed by atoms with Crippen molar-refractivity contribution < 1.29 is 4.79 Å². The van der Waals surface area contributed by atoms with E-state index in [-0.39, 0.29) is 17.9 Å². The Morgan fingerprint density at radius 3 is 2.87 bits per heavy atom. The van der Waals surface area contributed by atoms with E-state index >= 15 is 0 Å². The molecule has 0 bridgehead atoms. The summed E-state index contributed by atoms with van der Waals surface area (Å²) in [5.74, 6) is 1.59. The lowest BCUT2D eigenvalue weighted by Crippen LogP contribution is -2.44. The van der Waals surface area contributed by atoms with Crippen LogP contribution in [0.25, 0.3) is 5.82 Å². The number of fused-ring (bicyclic) bond motifs is 1. The molecule has 2 atom stereocenters. The van der Waals surface area contributed by atoms with Crippen LogP contribution in [-0.2, 0) is 11.2 Å². The summed E-state index contributed by atoms with van der Waals surface area (Å²) in [5, 5.41) is 7.46. The van der Waals surface area contributed by atoms with Gasteiger partial charge < -0.3 is 10.2 Å². The third kappa shape index (κ3) is 3.77. The maximum atomic E-state index is 13.1. The highest BCUT2D eigenvalue weighted by atomic mass is 16.2. The molecule has 0 unspecified atom stereocenters. The van der Waals surface area contributed by atoms with Crippen molar-refractivity contribution in [2.75, 3.05) is 18.0 Å². The van der Waals surface area contributed by atoms with Crippen molar-refractivity contribution in [3.63, 3.8) is 0 Å². The predicted molar refractivity (Wildman–Crippen MR) is 112 cm³/mol. The molecule has 0 spiro atoms. The van der Waals surface area contributed by atoms with E-state index in [0.29, 0.717) is 12.4 Å². The maximum absolute atomic E-state index is 13.1. The zero-order valence-corrected chi connectivity index (χ0v) is 16.8. The highest BCUT2D eigenvalue weighted by Gasteiger charge is 2.29. The van der Waals surface area contributed by atoms with Crippen molar-refractivity contribution in [1.82, 2.24) is 30.0 Å². The van der Waals surface area contributed by atoms with Gasteiger partial charge in [0.25, 0.3) is 0 Å². The normalized spacial score (nSPS) is 21.1. The van der Waals surface area contributed by atoms with E-state index in [9.17, 15) is 4.79 Å². The zero-order valence-electron chi connectivity index (χ0n) is 16.8. The number of aromatic nitrogens is 5. The number of amides is 1. The molecule has 1 aromatic carbocycles. The maximum Gasteiger partial charge on any atom is 0.225 e. The third-order valence-corrected chi connectivity index (χ3v) is 6.09. The number of hydrogen-bond donors (Lipinski definition) is 1. The van der Waals surface area contributed by atoms with Gasteiger partial charge in [0.1, 0.15) is 24.8 Å². The molecule has 0 radical (unpaired) electrons. The molecule has 3 aromatic rings. The Hall–Kier alpha value is -3.29. The highest BCUT2D eigenvalue weighted by molar-refractivity contribution is 5.80. The van der Waals surface area contributed by atoms with E-state index in [1.165, 1.54) is 23.8 Å². The van der Waals surface area contributed by atoms with Crippen LogP contribution in [0.4, 0.5) is 5.82 Å². The van der Waals surface area contributed by atoms with Gasteiger partial charge >= 0.3 is 0 Å². The second-order valence-corrected chi connectivity index (χ2v) is 8.01. The van der Waals surface area contributed by atoms with Crippen LogP contribution in [0, 0.1) is 5.92 Å². The summed E-state index contributed by atoms with van der Waals surface area (Å²) < 4.78 is 1.61. The molecule has 1 saturated heterocycles. The Morgan fingerprint density at radius 1 is 1.07 bits per heavy atom. The standard InChI is InChI=1S/C22H25N7O/c30-22(27-19-9-3-6-16-5-1-2-8-18(16)19)17-7-4-10-28(12-17)20-11-21(25-14-24-20)29-15-23-13-26-29/h1-2,5,8,11,13-15,17,19H,3-4,6-7,9-10,12H2,(H,27,30)/t17-,19-/m0/s1. The molecule has 1 fully saturated rings. The Labute approximate surface area is 175 Å². The van der Waals surface area contributed by atoms with Gasteiger partial charge in [-0.15, -0.1) is 0 Å². The highest BCUT2D eigenvalue weighted by Crippen LogP contribution is 2.30. The first-order chi connectivity index (χ1) is 14.8. The second kappa shape index (κ2) is 8.22. The Bertz CT molecular complexity index is 1020. The van der Waals surface area contributed by atoms with Crippen LogP contribution in [0.3, 0.4) is 0 Å². The molecule has 1 aliphatic heterocycles. The molecular weight excluding hydrogens is 378 g/mol. The number of hydrogen-bond acceptors (Lipinski definition) is 6. The minimum Gasteiger partial charge on any atom is -0.356 e. The molecular formula is C22H25N7O. The second-order valence-electron chi connectivity index (χ2n) is 8.01. The van der Waals surface area contributed by atoms with Gasteiger partial charge in [-0.3, -0.25) is 4.79 Å². The van der Waals surface area contributed by atoms with Crippen LogP contribution in [0.5, 0.6) is 0 Å². The molecule has 2 aromatic heterocycles. The molecule has 2 aliphatic rings. The Kier molecular flexibility index (Phi) is 5.13. The number of carbonyl (C=O) groups excluding carboxylic acids is 1. The zero-order chi connectivity index (χ0) is 20.3. The molecule has 8 nitrogen and oxygen atoms in total. The summed E-state index contributed by atoms with van der Waals surface area (Å²) in [6.45, 7) is 1.54. The van der Waals surface area contributed by atoms with Crippen molar-refractivity contribution in [2.24, 2.45) is 5.92 Å². The fourth-order valence-electron chi connectivity index (χ4n) is 4.55. The van der Waals surface area contributed by atoms with Crippen LogP contribution in [0.15, 0.2) is 49.3 Å². The fraction of sp³-hybridized carbons (Fsp3) is 0.409. The number of carbonyl (C=O) groups is 1. The van der Waals surface area contributed by atoms with Gasteiger partial charge in [-0.2, -0.15) is 5.10 Å². The van der Waals surface area contributed by atoms with Crippen LogP contribution in [-0.4, -0.2) is 43.7 Å². The summed E-state index contributed by atoms with van der Waals surface area (Å²) in [4.78, 5) is 28.0. The molecule has 1 amide bonds. The van der Waals surface area contributed by atoms with E-state index in [1.54, 1.807) is 11.0 Å². The van der Waals surface area contributed by atoms with Crippen molar-refractivity contribution in [3.05, 3.63) is 60.4 Å². The number of piperidine rings is 1. The van der Waals surface area contributed by atoms with Gasteiger partial charge in [-0.05, 0) is 43.2 Å². The average Bonchev–Trinajstić information content (AvgIpc) is 3.35.